The van der Waals surface area contributed by atoms with Gasteiger partial charge in [-0.3, -0.25) is 14.5 Å². The van der Waals surface area contributed by atoms with E-state index in [4.69, 9.17) is 9.47 Å². The minimum Gasteiger partial charge on any atom is -0.507 e. The van der Waals surface area contributed by atoms with Crippen LogP contribution in [0.5, 0.6) is 11.5 Å². The van der Waals surface area contributed by atoms with Crippen LogP contribution in [0.25, 0.3) is 5.76 Å². The first-order valence-corrected chi connectivity index (χ1v) is 11.9. The molecule has 36 heavy (non-hydrogen) atoms. The molecule has 6 heteroatoms. The highest BCUT2D eigenvalue weighted by Gasteiger charge is 2.48. The topological polar surface area (TPSA) is 76.1 Å². The molecule has 0 aromatic heterocycles. The molecule has 0 aliphatic carbocycles. The predicted molar refractivity (Wildman–Crippen MR) is 141 cm³/mol. The number of ketones is 1. The average Bonchev–Trinajstić information content (AvgIpc) is 3.14. The predicted octanol–water partition coefficient (Wildman–Crippen LogP) is 6.07. The summed E-state index contributed by atoms with van der Waals surface area (Å²) >= 11 is 0. The highest BCUT2D eigenvalue weighted by atomic mass is 16.5. The van der Waals surface area contributed by atoms with Gasteiger partial charge in [-0.15, -0.1) is 0 Å². The highest BCUT2D eigenvalue weighted by Crippen LogP contribution is 2.46. The van der Waals surface area contributed by atoms with Crippen molar-refractivity contribution in [2.45, 2.75) is 39.7 Å². The summed E-state index contributed by atoms with van der Waals surface area (Å²) in [5.74, 6) is -0.344. The maximum atomic E-state index is 13.6. The Balaban J connectivity index is 2.02. The summed E-state index contributed by atoms with van der Waals surface area (Å²) in [7, 11) is 3.14. The van der Waals surface area contributed by atoms with E-state index in [1.165, 1.54) is 4.90 Å². The van der Waals surface area contributed by atoms with Crippen LogP contribution in [0.2, 0.25) is 0 Å². The molecule has 4 rings (SSSR count). The van der Waals surface area contributed by atoms with E-state index >= 15 is 0 Å². The van der Waals surface area contributed by atoms with Crippen molar-refractivity contribution >= 4 is 23.1 Å². The van der Waals surface area contributed by atoms with E-state index in [2.05, 4.69) is 0 Å². The van der Waals surface area contributed by atoms with Gasteiger partial charge in [0.15, 0.2) is 0 Å². The van der Waals surface area contributed by atoms with Crippen LogP contribution in [0, 0.1) is 13.8 Å². The molecule has 1 unspecified atom stereocenters. The van der Waals surface area contributed by atoms with Crippen molar-refractivity contribution in [3.05, 3.63) is 94.1 Å². The lowest BCUT2D eigenvalue weighted by Gasteiger charge is -2.28. The Morgan fingerprint density at radius 3 is 2.28 bits per heavy atom. The van der Waals surface area contributed by atoms with Gasteiger partial charge in [-0.25, -0.2) is 0 Å². The van der Waals surface area contributed by atoms with Gasteiger partial charge in [-0.1, -0.05) is 44.2 Å². The van der Waals surface area contributed by atoms with Crippen LogP contribution in [-0.2, 0) is 9.59 Å². The van der Waals surface area contributed by atoms with E-state index < -0.39 is 17.7 Å². The summed E-state index contributed by atoms with van der Waals surface area (Å²) < 4.78 is 11.1. The molecule has 1 amide bonds. The third-order valence-electron chi connectivity index (χ3n) is 6.63. The molecule has 0 radical (unpaired) electrons. The highest BCUT2D eigenvalue weighted by molar-refractivity contribution is 6.51. The number of carbonyl (C=O) groups excluding carboxylic acids is 2. The molecular formula is C30H31NO5. The second-order valence-corrected chi connectivity index (χ2v) is 9.31. The lowest BCUT2D eigenvalue weighted by molar-refractivity contribution is -0.132. The molecule has 6 nitrogen and oxygen atoms in total. The van der Waals surface area contributed by atoms with Crippen molar-refractivity contribution in [1.82, 2.24) is 0 Å². The molecule has 3 aromatic rings. The second kappa shape index (κ2) is 9.90. The van der Waals surface area contributed by atoms with Crippen molar-refractivity contribution in [1.29, 1.82) is 0 Å². The molecule has 1 aliphatic heterocycles. The number of aryl methyl sites for hydroxylation is 2. The monoisotopic (exact) mass is 485 g/mol. The standard InChI is InChI=1S/C30H31NO5/c1-17(2)22-16-20(13-14-25(22)36-6)28(32)26-27(21-9-7-8-10-24(21)35-5)31(30(34)29(26)33)23-15-18(3)11-12-19(23)4/h7-17,27,32H,1-6H3/b28-26+. The van der Waals surface area contributed by atoms with E-state index in [1.54, 1.807) is 32.4 Å². The number of ether oxygens (including phenoxy) is 2. The molecule has 1 atom stereocenters. The number of carbonyl (C=O) groups is 2. The van der Waals surface area contributed by atoms with Gasteiger partial charge in [-0.05, 0) is 66.8 Å². The molecule has 0 saturated carbocycles. The number of anilines is 1. The summed E-state index contributed by atoms with van der Waals surface area (Å²) in [5, 5.41) is 11.6. The average molecular weight is 486 g/mol. The van der Waals surface area contributed by atoms with Crippen molar-refractivity contribution in [2.24, 2.45) is 0 Å². The van der Waals surface area contributed by atoms with Crippen molar-refractivity contribution in [2.75, 3.05) is 19.1 Å². The molecule has 1 fully saturated rings. The molecule has 0 spiro atoms. The number of Topliss-reactive ketones (excluding diaryl/α,β-unsaturated/α-hetero) is 1. The Kier molecular flexibility index (Phi) is 6.88. The van der Waals surface area contributed by atoms with Gasteiger partial charge in [0, 0.05) is 16.8 Å². The van der Waals surface area contributed by atoms with Gasteiger partial charge < -0.3 is 14.6 Å². The third kappa shape index (κ3) is 4.24. The molecule has 186 valence electrons. The van der Waals surface area contributed by atoms with Crippen LogP contribution in [0.4, 0.5) is 5.69 Å². The SMILES string of the molecule is COc1ccc(/C(O)=C2\C(=O)C(=O)N(c3cc(C)ccc3C)C2c2ccccc2OC)cc1C(C)C. The fraction of sp³-hybridized carbons (Fsp3) is 0.267. The number of nitrogens with zero attached hydrogens (tertiary/aromatic N) is 1. The molecule has 1 heterocycles. The Morgan fingerprint density at radius 1 is 0.917 bits per heavy atom. The largest absolute Gasteiger partial charge is 0.507 e. The second-order valence-electron chi connectivity index (χ2n) is 9.31. The normalized spacial score (nSPS) is 17.1. The number of aliphatic hydroxyl groups excluding tert-OH is 1. The zero-order valence-corrected chi connectivity index (χ0v) is 21.5. The minimum absolute atomic E-state index is 0.0188. The first-order chi connectivity index (χ1) is 17.2. The van der Waals surface area contributed by atoms with Crippen molar-refractivity contribution in [3.8, 4) is 11.5 Å². The quantitative estimate of drug-likeness (QED) is 0.261. The maximum absolute atomic E-state index is 13.6. The van der Waals surface area contributed by atoms with Crippen LogP contribution >= 0.6 is 0 Å². The number of hydrogen-bond donors (Lipinski definition) is 1. The lowest BCUT2D eigenvalue weighted by atomic mass is 9.92. The number of hydrogen-bond acceptors (Lipinski definition) is 5. The molecule has 1 N–H and O–H groups in total. The van der Waals surface area contributed by atoms with Gasteiger partial charge >= 0.3 is 0 Å². The van der Waals surface area contributed by atoms with E-state index in [1.807, 2.05) is 70.2 Å². The Morgan fingerprint density at radius 2 is 1.61 bits per heavy atom. The van der Waals surface area contributed by atoms with Crippen molar-refractivity contribution < 1.29 is 24.2 Å². The summed E-state index contributed by atoms with van der Waals surface area (Å²) in [6.45, 7) is 7.88. The first kappa shape index (κ1) is 25.0. The fourth-order valence-corrected chi connectivity index (χ4v) is 4.73. The van der Waals surface area contributed by atoms with Crippen molar-refractivity contribution in [3.63, 3.8) is 0 Å². The van der Waals surface area contributed by atoms with Crippen LogP contribution in [0.15, 0.2) is 66.2 Å². The number of aliphatic hydroxyl groups is 1. The lowest BCUT2D eigenvalue weighted by Crippen LogP contribution is -2.30. The van der Waals surface area contributed by atoms with E-state index in [9.17, 15) is 14.7 Å². The zero-order chi connectivity index (χ0) is 26.1. The third-order valence-corrected chi connectivity index (χ3v) is 6.63. The Labute approximate surface area is 211 Å². The number of amides is 1. The van der Waals surface area contributed by atoms with Gasteiger partial charge in [0.2, 0.25) is 0 Å². The fourth-order valence-electron chi connectivity index (χ4n) is 4.73. The number of para-hydroxylation sites is 1. The molecule has 1 saturated heterocycles. The van der Waals surface area contributed by atoms with Gasteiger partial charge in [0.25, 0.3) is 11.7 Å². The van der Waals surface area contributed by atoms with Crippen LogP contribution < -0.4 is 14.4 Å². The van der Waals surface area contributed by atoms with Gasteiger partial charge in [-0.2, -0.15) is 0 Å². The summed E-state index contributed by atoms with van der Waals surface area (Å²) in [4.78, 5) is 28.6. The number of rotatable bonds is 6. The van der Waals surface area contributed by atoms with Gasteiger partial charge in [0.05, 0.1) is 25.8 Å². The summed E-state index contributed by atoms with van der Waals surface area (Å²) in [6.07, 6.45) is 0. The van der Waals surface area contributed by atoms with Crippen LogP contribution in [-0.4, -0.2) is 31.0 Å². The number of benzene rings is 3. The molecule has 1 aliphatic rings. The van der Waals surface area contributed by atoms with E-state index in [-0.39, 0.29) is 17.3 Å². The van der Waals surface area contributed by atoms with Crippen LogP contribution in [0.1, 0.15) is 53.6 Å². The van der Waals surface area contributed by atoms with E-state index in [0.717, 1.165) is 16.7 Å². The maximum Gasteiger partial charge on any atom is 0.300 e. The smallest absolute Gasteiger partial charge is 0.300 e. The van der Waals surface area contributed by atoms with Gasteiger partial charge in [0.1, 0.15) is 17.3 Å². The van der Waals surface area contributed by atoms with E-state index in [0.29, 0.717) is 28.3 Å². The Bertz CT molecular complexity index is 1370. The zero-order valence-electron chi connectivity index (χ0n) is 21.5. The Hall–Kier alpha value is -4.06. The minimum atomic E-state index is -0.869. The summed E-state index contributed by atoms with van der Waals surface area (Å²) in [5.41, 5.74) is 4.37. The molecule has 0 bridgehead atoms. The first-order valence-electron chi connectivity index (χ1n) is 11.9. The summed E-state index contributed by atoms with van der Waals surface area (Å²) in [6, 6.07) is 17.4. The molecule has 3 aromatic carbocycles. The molecular weight excluding hydrogens is 454 g/mol. The number of methoxy groups -OCH3 is 2. The van der Waals surface area contributed by atoms with Crippen LogP contribution in [0.3, 0.4) is 0 Å².